The van der Waals surface area contributed by atoms with Crippen LogP contribution in [0.3, 0.4) is 0 Å². The van der Waals surface area contributed by atoms with Crippen LogP contribution in [0.2, 0.25) is 0 Å². The first-order valence-electron chi connectivity index (χ1n) is 9.04. The number of carbonyl (C=O) groups excluding carboxylic acids is 1. The van der Waals surface area contributed by atoms with Crippen LogP contribution < -0.4 is 14.9 Å². The van der Waals surface area contributed by atoms with E-state index in [1.165, 1.54) is 6.07 Å². The summed E-state index contributed by atoms with van der Waals surface area (Å²) < 4.78 is 27.4. The lowest BCUT2D eigenvalue weighted by Gasteiger charge is -2.19. The molecule has 0 atom stereocenters. The van der Waals surface area contributed by atoms with E-state index in [0.717, 1.165) is 24.1 Å². The molecule has 0 heterocycles. The van der Waals surface area contributed by atoms with E-state index >= 15 is 0 Å². The molecule has 1 amide bonds. The third kappa shape index (κ3) is 5.08. The summed E-state index contributed by atoms with van der Waals surface area (Å²) in [4.78, 5) is 14.7. The number of amides is 1. The average molecular weight is 388 g/mol. The van der Waals surface area contributed by atoms with E-state index in [2.05, 4.69) is 10.0 Å². The second-order valence-electron chi connectivity index (χ2n) is 6.89. The van der Waals surface area contributed by atoms with Crippen molar-refractivity contribution in [2.24, 2.45) is 0 Å². The van der Waals surface area contributed by atoms with Gasteiger partial charge in [-0.3, -0.25) is 4.79 Å². The number of nitrogens with one attached hydrogen (secondary N) is 2. The second kappa shape index (κ2) is 8.10. The highest BCUT2D eigenvalue weighted by Gasteiger charge is 2.28. The summed E-state index contributed by atoms with van der Waals surface area (Å²) in [7, 11) is -1.62. The zero-order chi connectivity index (χ0) is 19.4. The Morgan fingerprint density at radius 2 is 1.85 bits per heavy atom. The smallest absolute Gasteiger partial charge is 0.251 e. The minimum absolute atomic E-state index is 0.0297. The molecule has 1 saturated carbocycles. The quantitative estimate of drug-likeness (QED) is 0.729. The predicted molar refractivity (Wildman–Crippen MR) is 107 cm³/mol. The maximum atomic E-state index is 12.6. The van der Waals surface area contributed by atoms with E-state index in [-0.39, 0.29) is 16.8 Å². The molecule has 0 spiro atoms. The summed E-state index contributed by atoms with van der Waals surface area (Å²) >= 11 is 0. The lowest BCUT2D eigenvalue weighted by molar-refractivity contribution is 0.0954. The van der Waals surface area contributed by atoms with Gasteiger partial charge in [0.2, 0.25) is 10.0 Å². The van der Waals surface area contributed by atoms with Crippen molar-refractivity contribution in [3.63, 3.8) is 0 Å². The molecule has 3 rings (SSSR count). The SMILES string of the molecule is Cc1ccc(S(=O)(=O)NC2CC2)cc1C(=O)NCCN(C)c1ccccc1. The largest absolute Gasteiger partial charge is 0.373 e. The summed E-state index contributed by atoms with van der Waals surface area (Å²) in [6.45, 7) is 2.91. The highest BCUT2D eigenvalue weighted by molar-refractivity contribution is 7.89. The Kier molecular flexibility index (Phi) is 5.82. The van der Waals surface area contributed by atoms with Gasteiger partial charge in [0, 0.05) is 37.4 Å². The van der Waals surface area contributed by atoms with E-state index in [9.17, 15) is 13.2 Å². The molecule has 2 aromatic carbocycles. The molecule has 0 aliphatic heterocycles. The van der Waals surface area contributed by atoms with Gasteiger partial charge in [-0.15, -0.1) is 0 Å². The van der Waals surface area contributed by atoms with Crippen molar-refractivity contribution in [2.45, 2.75) is 30.7 Å². The highest BCUT2D eigenvalue weighted by Crippen LogP contribution is 2.23. The molecule has 1 aliphatic rings. The topological polar surface area (TPSA) is 78.5 Å². The molecule has 0 bridgehead atoms. The Morgan fingerprint density at radius 3 is 2.52 bits per heavy atom. The fraction of sp³-hybridized carbons (Fsp3) is 0.350. The zero-order valence-electron chi connectivity index (χ0n) is 15.6. The van der Waals surface area contributed by atoms with Gasteiger partial charge in [-0.1, -0.05) is 24.3 Å². The summed E-state index contributed by atoms with van der Waals surface area (Å²) in [5, 5.41) is 2.88. The fourth-order valence-corrected chi connectivity index (χ4v) is 4.08. The van der Waals surface area contributed by atoms with Gasteiger partial charge in [-0.25, -0.2) is 13.1 Å². The van der Waals surface area contributed by atoms with E-state index < -0.39 is 10.0 Å². The van der Waals surface area contributed by atoms with E-state index in [1.807, 2.05) is 42.3 Å². The summed E-state index contributed by atoms with van der Waals surface area (Å²) in [6.07, 6.45) is 1.74. The normalized spacial score (nSPS) is 14.0. The molecule has 2 aromatic rings. The summed E-state index contributed by atoms with van der Waals surface area (Å²) in [5.41, 5.74) is 2.20. The van der Waals surface area contributed by atoms with E-state index in [4.69, 9.17) is 0 Å². The maximum absolute atomic E-state index is 12.6. The zero-order valence-corrected chi connectivity index (χ0v) is 16.4. The Balaban J connectivity index is 1.63. The monoisotopic (exact) mass is 387 g/mol. The number of para-hydroxylation sites is 1. The number of nitrogens with zero attached hydrogens (tertiary/aromatic N) is 1. The van der Waals surface area contributed by atoms with Gasteiger partial charge in [0.05, 0.1) is 4.90 Å². The number of sulfonamides is 1. The lowest BCUT2D eigenvalue weighted by atomic mass is 10.1. The average Bonchev–Trinajstić information content (AvgIpc) is 3.45. The number of carbonyl (C=O) groups is 1. The first kappa shape index (κ1) is 19.4. The molecule has 7 heteroatoms. The number of rotatable bonds is 8. The molecule has 0 radical (unpaired) electrons. The van der Waals surface area contributed by atoms with Crippen molar-refractivity contribution < 1.29 is 13.2 Å². The Hall–Kier alpha value is -2.38. The van der Waals surface area contributed by atoms with Crippen LogP contribution in [0.15, 0.2) is 53.4 Å². The van der Waals surface area contributed by atoms with Crippen molar-refractivity contribution in [3.8, 4) is 0 Å². The first-order chi connectivity index (χ1) is 12.9. The van der Waals surface area contributed by atoms with Gasteiger partial charge in [0.1, 0.15) is 0 Å². The highest BCUT2D eigenvalue weighted by atomic mass is 32.2. The van der Waals surface area contributed by atoms with Gasteiger partial charge in [-0.05, 0) is 49.6 Å². The minimum Gasteiger partial charge on any atom is -0.373 e. The third-order valence-electron chi connectivity index (χ3n) is 4.59. The molecule has 144 valence electrons. The van der Waals surface area contributed by atoms with Crippen LogP contribution in [0, 0.1) is 6.92 Å². The van der Waals surface area contributed by atoms with Gasteiger partial charge < -0.3 is 10.2 Å². The van der Waals surface area contributed by atoms with Crippen molar-refractivity contribution in [1.82, 2.24) is 10.0 Å². The van der Waals surface area contributed by atoms with Gasteiger partial charge in [-0.2, -0.15) is 0 Å². The third-order valence-corrected chi connectivity index (χ3v) is 6.11. The standard InChI is InChI=1S/C20H25N3O3S/c1-15-8-11-18(27(25,26)22-16-9-10-16)14-19(15)20(24)21-12-13-23(2)17-6-4-3-5-7-17/h3-8,11,14,16,22H,9-10,12-13H2,1-2H3,(H,21,24). The minimum atomic E-state index is -3.58. The number of likely N-dealkylation sites (N-methyl/N-ethyl adjacent to an activating group) is 1. The van der Waals surface area contributed by atoms with Crippen molar-refractivity contribution in [3.05, 3.63) is 59.7 Å². The van der Waals surface area contributed by atoms with Crippen LogP contribution in [0.25, 0.3) is 0 Å². The van der Waals surface area contributed by atoms with E-state index in [0.29, 0.717) is 18.7 Å². The van der Waals surface area contributed by atoms with Gasteiger partial charge in [0.15, 0.2) is 0 Å². The number of aryl methyl sites for hydroxylation is 1. The molecule has 27 heavy (non-hydrogen) atoms. The van der Waals surface area contributed by atoms with Crippen molar-refractivity contribution in [2.75, 3.05) is 25.0 Å². The van der Waals surface area contributed by atoms with Crippen LogP contribution in [0.4, 0.5) is 5.69 Å². The van der Waals surface area contributed by atoms with Crippen LogP contribution in [0.5, 0.6) is 0 Å². The van der Waals surface area contributed by atoms with Crippen LogP contribution in [-0.2, 0) is 10.0 Å². The van der Waals surface area contributed by atoms with Crippen LogP contribution in [0.1, 0.15) is 28.8 Å². The molecule has 1 fully saturated rings. The molecule has 0 unspecified atom stereocenters. The Bertz CT molecular complexity index is 909. The van der Waals surface area contributed by atoms with Gasteiger partial charge in [0.25, 0.3) is 5.91 Å². The lowest BCUT2D eigenvalue weighted by Crippen LogP contribution is -2.33. The van der Waals surface area contributed by atoms with Crippen molar-refractivity contribution >= 4 is 21.6 Å². The number of anilines is 1. The fourth-order valence-electron chi connectivity index (χ4n) is 2.75. The Labute approximate surface area is 160 Å². The number of benzene rings is 2. The van der Waals surface area contributed by atoms with Crippen LogP contribution in [-0.4, -0.2) is 40.5 Å². The molecule has 0 saturated heterocycles. The van der Waals surface area contributed by atoms with E-state index in [1.54, 1.807) is 19.1 Å². The maximum Gasteiger partial charge on any atom is 0.251 e. The second-order valence-corrected chi connectivity index (χ2v) is 8.60. The molecular weight excluding hydrogens is 362 g/mol. The molecule has 0 aromatic heterocycles. The summed E-state index contributed by atoms with van der Waals surface area (Å²) in [5.74, 6) is -0.266. The predicted octanol–water partition coefficient (Wildman–Crippen LogP) is 2.30. The molecule has 6 nitrogen and oxygen atoms in total. The molecular formula is C20H25N3O3S. The first-order valence-corrected chi connectivity index (χ1v) is 10.5. The molecule has 1 aliphatic carbocycles. The molecule has 2 N–H and O–H groups in total. The summed E-state index contributed by atoms with van der Waals surface area (Å²) in [6, 6.07) is 14.6. The van der Waals surface area contributed by atoms with Crippen molar-refractivity contribution in [1.29, 1.82) is 0 Å². The number of hydrogen-bond acceptors (Lipinski definition) is 4. The number of hydrogen-bond donors (Lipinski definition) is 2. The Morgan fingerprint density at radius 1 is 1.15 bits per heavy atom. The van der Waals surface area contributed by atoms with Gasteiger partial charge >= 0.3 is 0 Å². The van der Waals surface area contributed by atoms with Crippen LogP contribution >= 0.6 is 0 Å².